The maximum atomic E-state index is 12.5. The molecule has 7 heteroatoms. The van der Waals surface area contributed by atoms with Crippen LogP contribution < -0.4 is 10.2 Å². The molecule has 1 aliphatic heterocycles. The summed E-state index contributed by atoms with van der Waals surface area (Å²) in [5.41, 5.74) is 0.447. The highest BCUT2D eigenvalue weighted by Crippen LogP contribution is 2.33. The molecule has 0 aromatic carbocycles. The first-order chi connectivity index (χ1) is 11.8. The zero-order valence-electron chi connectivity index (χ0n) is 15.7. The van der Waals surface area contributed by atoms with Crippen LogP contribution in [-0.2, 0) is 14.3 Å². The number of nitrogens with one attached hydrogen (secondary N) is 2. The zero-order valence-corrected chi connectivity index (χ0v) is 16.5. The first kappa shape index (κ1) is 19.9. The highest BCUT2D eigenvalue weighted by Gasteiger charge is 2.28. The van der Waals surface area contributed by atoms with Gasteiger partial charge in [0.25, 0.3) is 5.91 Å². The van der Waals surface area contributed by atoms with E-state index in [9.17, 15) is 9.59 Å². The van der Waals surface area contributed by atoms with E-state index in [0.717, 1.165) is 18.0 Å². The van der Waals surface area contributed by atoms with E-state index in [0.29, 0.717) is 23.7 Å². The summed E-state index contributed by atoms with van der Waals surface area (Å²) in [6.45, 7) is 12.3. The lowest BCUT2D eigenvalue weighted by Crippen LogP contribution is -3.16. The second-order valence-corrected chi connectivity index (χ2v) is 7.99. The Morgan fingerprint density at radius 2 is 2.00 bits per heavy atom. The summed E-state index contributed by atoms with van der Waals surface area (Å²) >= 11 is 1.45. The normalized spacial score (nSPS) is 23.5. The Morgan fingerprint density at radius 3 is 2.56 bits per heavy atom. The molecule has 0 spiro atoms. The number of rotatable bonds is 6. The summed E-state index contributed by atoms with van der Waals surface area (Å²) < 4.78 is 10.8. The van der Waals surface area contributed by atoms with Crippen LogP contribution in [0.15, 0.2) is 6.07 Å². The maximum absolute atomic E-state index is 12.5. The molecule has 2 rings (SSSR count). The van der Waals surface area contributed by atoms with Crippen molar-refractivity contribution in [3.63, 3.8) is 0 Å². The fraction of sp³-hybridized carbons (Fsp3) is 0.667. The minimum absolute atomic E-state index is 0.0843. The van der Waals surface area contributed by atoms with E-state index in [2.05, 4.69) is 19.2 Å². The van der Waals surface area contributed by atoms with Crippen molar-refractivity contribution in [3.8, 4) is 0 Å². The van der Waals surface area contributed by atoms with Gasteiger partial charge in [-0.2, -0.15) is 0 Å². The van der Waals surface area contributed by atoms with Gasteiger partial charge >= 0.3 is 5.97 Å². The number of carbonyl (C=O) groups is 2. The average Bonchev–Trinajstić information content (AvgIpc) is 2.90. The van der Waals surface area contributed by atoms with E-state index in [1.54, 1.807) is 6.92 Å². The number of carbonyl (C=O) groups excluding carboxylic acids is 2. The van der Waals surface area contributed by atoms with Gasteiger partial charge in [-0.15, -0.1) is 11.3 Å². The third kappa shape index (κ3) is 5.52. The van der Waals surface area contributed by atoms with Crippen LogP contribution in [0.2, 0.25) is 0 Å². The van der Waals surface area contributed by atoms with Crippen LogP contribution in [0.25, 0.3) is 0 Å². The van der Waals surface area contributed by atoms with Crippen molar-refractivity contribution in [3.05, 3.63) is 16.5 Å². The van der Waals surface area contributed by atoms with Gasteiger partial charge in [0.15, 0.2) is 6.54 Å². The highest BCUT2D eigenvalue weighted by molar-refractivity contribution is 7.16. The van der Waals surface area contributed by atoms with Crippen molar-refractivity contribution >= 4 is 28.2 Å². The second kappa shape index (κ2) is 8.78. The van der Waals surface area contributed by atoms with Crippen LogP contribution in [0.4, 0.5) is 5.00 Å². The van der Waals surface area contributed by atoms with Gasteiger partial charge in [0.1, 0.15) is 30.3 Å². The minimum atomic E-state index is -0.387. The number of hydrogen-bond acceptors (Lipinski definition) is 5. The molecule has 0 aliphatic carbocycles. The third-order valence-corrected chi connectivity index (χ3v) is 5.45. The molecule has 1 fully saturated rings. The van der Waals surface area contributed by atoms with Crippen LogP contribution in [0, 0.1) is 0 Å². The molecule has 1 aromatic heterocycles. The Morgan fingerprint density at radius 1 is 1.36 bits per heavy atom. The lowest BCUT2D eigenvalue weighted by molar-refractivity contribution is -0.907. The summed E-state index contributed by atoms with van der Waals surface area (Å²) in [5.74, 6) is -0.184. The maximum Gasteiger partial charge on any atom is 0.341 e. The standard InChI is InChI=1S/C18H28N2O4S/c1-6-23-18(22)14-7-15(11(2)3)25-17(14)19-16(21)10-20-8-12(4)24-13(5)9-20/h7,11-13H,6,8-10H2,1-5H3,(H,19,21)/p+1/t12-,13-/m1/s1. The van der Waals surface area contributed by atoms with Crippen molar-refractivity contribution in [1.82, 2.24) is 0 Å². The largest absolute Gasteiger partial charge is 0.462 e. The molecule has 1 aromatic rings. The second-order valence-electron chi connectivity index (χ2n) is 6.91. The topological polar surface area (TPSA) is 69.1 Å². The predicted molar refractivity (Wildman–Crippen MR) is 98.6 cm³/mol. The van der Waals surface area contributed by atoms with E-state index in [4.69, 9.17) is 9.47 Å². The SMILES string of the molecule is CCOC(=O)c1cc(C(C)C)sc1NC(=O)C[NH+]1C[C@@H](C)O[C@H](C)C1. The van der Waals surface area contributed by atoms with Crippen LogP contribution in [-0.4, -0.2) is 50.3 Å². The predicted octanol–water partition coefficient (Wildman–Crippen LogP) is 1.68. The lowest BCUT2D eigenvalue weighted by Gasteiger charge is -2.31. The minimum Gasteiger partial charge on any atom is -0.462 e. The highest BCUT2D eigenvalue weighted by atomic mass is 32.1. The number of anilines is 1. The molecule has 6 nitrogen and oxygen atoms in total. The Kier molecular flexibility index (Phi) is 6.98. The van der Waals surface area contributed by atoms with Gasteiger partial charge in [-0.1, -0.05) is 13.8 Å². The van der Waals surface area contributed by atoms with Crippen molar-refractivity contribution in [2.75, 3.05) is 31.6 Å². The third-order valence-electron chi connectivity index (χ3n) is 4.10. The number of ether oxygens (including phenoxy) is 2. The van der Waals surface area contributed by atoms with Gasteiger partial charge < -0.3 is 19.7 Å². The van der Waals surface area contributed by atoms with Gasteiger partial charge in [0.05, 0.1) is 12.2 Å². The van der Waals surface area contributed by atoms with E-state index in [1.165, 1.54) is 16.2 Å². The van der Waals surface area contributed by atoms with Gasteiger partial charge in [0, 0.05) is 4.88 Å². The number of esters is 1. The monoisotopic (exact) mass is 369 g/mol. The first-order valence-electron chi connectivity index (χ1n) is 8.89. The fourth-order valence-corrected chi connectivity index (χ4v) is 4.14. The van der Waals surface area contributed by atoms with E-state index < -0.39 is 0 Å². The van der Waals surface area contributed by atoms with Crippen molar-refractivity contribution < 1.29 is 24.0 Å². The summed E-state index contributed by atoms with van der Waals surface area (Å²) in [5, 5.41) is 3.50. The van der Waals surface area contributed by atoms with E-state index >= 15 is 0 Å². The lowest BCUT2D eigenvalue weighted by atomic mass is 10.1. The van der Waals surface area contributed by atoms with Gasteiger partial charge in [-0.25, -0.2) is 4.79 Å². The van der Waals surface area contributed by atoms with Gasteiger partial charge in [-0.05, 0) is 32.8 Å². The molecule has 2 atom stereocenters. The molecular weight excluding hydrogens is 340 g/mol. The summed E-state index contributed by atoms with van der Waals surface area (Å²) in [6.07, 6.45) is 0.298. The quantitative estimate of drug-likeness (QED) is 0.749. The molecule has 1 aliphatic rings. The van der Waals surface area contributed by atoms with Crippen LogP contribution >= 0.6 is 11.3 Å². The van der Waals surface area contributed by atoms with E-state index in [1.807, 2.05) is 19.9 Å². The van der Waals surface area contributed by atoms with Crippen LogP contribution in [0.5, 0.6) is 0 Å². The van der Waals surface area contributed by atoms with E-state index in [-0.39, 0.29) is 30.0 Å². The zero-order chi connectivity index (χ0) is 18.6. The van der Waals surface area contributed by atoms with Crippen molar-refractivity contribution in [1.29, 1.82) is 0 Å². The van der Waals surface area contributed by atoms with Crippen molar-refractivity contribution in [2.24, 2.45) is 0 Å². The molecule has 0 unspecified atom stereocenters. The molecule has 0 saturated carbocycles. The Labute approximate surface area is 153 Å². The average molecular weight is 370 g/mol. The summed E-state index contributed by atoms with van der Waals surface area (Å²) in [6, 6.07) is 1.83. The Hall–Kier alpha value is -1.44. The molecule has 1 saturated heterocycles. The number of hydrogen-bond donors (Lipinski definition) is 2. The molecule has 2 heterocycles. The van der Waals surface area contributed by atoms with Gasteiger partial charge in [0.2, 0.25) is 0 Å². The number of morpholine rings is 1. The molecule has 2 N–H and O–H groups in total. The Bertz CT molecular complexity index is 604. The molecule has 0 radical (unpaired) electrons. The molecule has 140 valence electrons. The molecule has 1 amide bonds. The number of amides is 1. The number of quaternary nitrogens is 1. The summed E-state index contributed by atoms with van der Waals surface area (Å²) in [7, 11) is 0. The first-order valence-corrected chi connectivity index (χ1v) is 9.71. The molecule has 0 bridgehead atoms. The van der Waals surface area contributed by atoms with Gasteiger partial charge in [-0.3, -0.25) is 4.79 Å². The fourth-order valence-electron chi connectivity index (χ4n) is 3.08. The molecule has 25 heavy (non-hydrogen) atoms. The van der Waals surface area contributed by atoms with Crippen molar-refractivity contribution in [2.45, 2.75) is 52.7 Å². The Balaban J connectivity index is 2.07. The van der Waals surface area contributed by atoms with Crippen LogP contribution in [0.1, 0.15) is 55.8 Å². The summed E-state index contributed by atoms with van der Waals surface area (Å²) in [4.78, 5) is 26.9. The van der Waals surface area contributed by atoms with Crippen LogP contribution in [0.3, 0.4) is 0 Å². The smallest absolute Gasteiger partial charge is 0.341 e. The number of thiophene rings is 1. The molecular formula is C18H29N2O4S+.